The van der Waals surface area contributed by atoms with Gasteiger partial charge in [-0.1, -0.05) is 37.3 Å². The first-order valence-electron chi connectivity index (χ1n) is 12.4. The maximum absolute atomic E-state index is 13.5. The monoisotopic (exact) mass is 527 g/mol. The van der Waals surface area contributed by atoms with Crippen LogP contribution in [0.3, 0.4) is 0 Å². The van der Waals surface area contributed by atoms with Gasteiger partial charge < -0.3 is 21.5 Å². The molecule has 2 aromatic carbocycles. The Bertz CT molecular complexity index is 1320. The number of guanidine groups is 1. The van der Waals surface area contributed by atoms with E-state index >= 15 is 0 Å². The number of benzene rings is 2. The summed E-state index contributed by atoms with van der Waals surface area (Å²) in [4.78, 5) is 30.7. The molecule has 10 nitrogen and oxygen atoms in total. The molecule has 3 atom stereocenters. The number of aliphatic carboxylic acids is 1. The molecule has 4 rings (SSSR count). The SMILES string of the molecule is C[C@@H]1CCN(C(=O)[C@H](CCCN=C(N)N)NS(=O)(=O)c2ccc3c(c2)Cc2ccccc2-3)[C@@H](C(=O)O)C1. The number of likely N-dealkylation sites (tertiary alicyclic amines) is 1. The van der Waals surface area contributed by atoms with Gasteiger partial charge >= 0.3 is 5.97 Å². The summed E-state index contributed by atoms with van der Waals surface area (Å²) >= 11 is 0. The van der Waals surface area contributed by atoms with Crippen molar-refractivity contribution in [1.29, 1.82) is 0 Å². The minimum atomic E-state index is -4.08. The molecule has 2 aliphatic rings. The van der Waals surface area contributed by atoms with Crippen molar-refractivity contribution in [3.8, 4) is 11.1 Å². The number of nitrogens with two attached hydrogens (primary N) is 2. The lowest BCUT2D eigenvalue weighted by atomic mass is 9.91. The predicted octanol–water partition coefficient (Wildman–Crippen LogP) is 1.67. The summed E-state index contributed by atoms with van der Waals surface area (Å²) in [7, 11) is -4.08. The average Bonchev–Trinajstić information content (AvgIpc) is 3.23. The number of amides is 1. The topological polar surface area (TPSA) is 168 Å². The smallest absolute Gasteiger partial charge is 0.326 e. The van der Waals surface area contributed by atoms with Crippen LogP contribution in [0.2, 0.25) is 0 Å². The molecule has 11 heteroatoms. The van der Waals surface area contributed by atoms with Crippen molar-refractivity contribution >= 4 is 27.9 Å². The van der Waals surface area contributed by atoms with Crippen molar-refractivity contribution < 1.29 is 23.1 Å². The van der Waals surface area contributed by atoms with Gasteiger partial charge in [-0.25, -0.2) is 13.2 Å². The molecule has 2 aromatic rings. The van der Waals surface area contributed by atoms with E-state index in [9.17, 15) is 23.1 Å². The zero-order valence-corrected chi connectivity index (χ0v) is 21.6. The van der Waals surface area contributed by atoms with Gasteiger partial charge in [0.1, 0.15) is 12.1 Å². The largest absolute Gasteiger partial charge is 0.480 e. The Morgan fingerprint density at radius 2 is 1.89 bits per heavy atom. The number of carboxylic acid groups (broad SMARTS) is 1. The van der Waals surface area contributed by atoms with Crippen LogP contribution < -0.4 is 16.2 Å². The molecule has 1 aliphatic carbocycles. The number of hydrogen-bond donors (Lipinski definition) is 4. The second-order valence-corrected chi connectivity index (χ2v) is 11.5. The van der Waals surface area contributed by atoms with Gasteiger partial charge in [0.05, 0.1) is 4.90 Å². The normalized spacial score (nSPS) is 19.5. The molecule has 1 saturated heterocycles. The molecule has 0 saturated carbocycles. The highest BCUT2D eigenvalue weighted by Crippen LogP contribution is 2.37. The average molecular weight is 528 g/mol. The summed E-state index contributed by atoms with van der Waals surface area (Å²) in [6, 6.07) is 10.7. The molecule has 1 fully saturated rings. The highest BCUT2D eigenvalue weighted by molar-refractivity contribution is 7.89. The van der Waals surface area contributed by atoms with E-state index in [2.05, 4.69) is 9.71 Å². The van der Waals surface area contributed by atoms with Crippen LogP contribution in [0.15, 0.2) is 52.4 Å². The van der Waals surface area contributed by atoms with Crippen LogP contribution in [0, 0.1) is 5.92 Å². The molecular weight excluding hydrogens is 494 g/mol. The fraction of sp³-hybridized carbons (Fsp3) is 0.423. The number of carbonyl (C=O) groups is 2. The third-order valence-corrected chi connectivity index (χ3v) is 8.52. The van der Waals surface area contributed by atoms with Gasteiger partial charge in [0.2, 0.25) is 15.9 Å². The van der Waals surface area contributed by atoms with E-state index in [0.717, 1.165) is 22.3 Å². The maximum atomic E-state index is 13.5. The lowest BCUT2D eigenvalue weighted by molar-refractivity contribution is -0.153. The standard InChI is InChI=1S/C26H33N5O5S/c1-16-10-12-31(23(13-16)25(33)34)24(32)22(7-4-11-29-26(27)28)30-37(35,36)19-8-9-21-18(15-19)14-17-5-2-3-6-20(17)21/h2-3,5-6,8-9,15-16,22-23,30H,4,7,10-14H2,1H3,(H,33,34)(H4,27,28,29)/t16-,22+,23-/m1/s1. The van der Waals surface area contributed by atoms with Crippen LogP contribution in [-0.2, 0) is 26.0 Å². The van der Waals surface area contributed by atoms with Crippen LogP contribution in [0.5, 0.6) is 0 Å². The number of aliphatic imine (C=N–C) groups is 1. The molecule has 1 amide bonds. The number of hydrogen-bond acceptors (Lipinski definition) is 5. The van der Waals surface area contributed by atoms with E-state index < -0.39 is 34.0 Å². The molecule has 198 valence electrons. The zero-order chi connectivity index (χ0) is 26.7. The molecule has 1 aliphatic heterocycles. The number of carbonyl (C=O) groups excluding carboxylic acids is 1. The van der Waals surface area contributed by atoms with Crippen molar-refractivity contribution in [3.63, 3.8) is 0 Å². The zero-order valence-electron chi connectivity index (χ0n) is 20.8. The van der Waals surface area contributed by atoms with E-state index in [1.165, 1.54) is 11.0 Å². The Morgan fingerprint density at radius 3 is 2.62 bits per heavy atom. The Balaban J connectivity index is 1.58. The number of piperidine rings is 1. The molecule has 1 heterocycles. The number of sulfonamides is 1. The van der Waals surface area contributed by atoms with Crippen molar-refractivity contribution in [3.05, 3.63) is 53.6 Å². The minimum absolute atomic E-state index is 0.0585. The second kappa shape index (κ2) is 10.9. The fourth-order valence-electron chi connectivity index (χ4n) is 5.12. The van der Waals surface area contributed by atoms with Gasteiger partial charge in [0.25, 0.3) is 0 Å². The van der Waals surface area contributed by atoms with Gasteiger partial charge in [0.15, 0.2) is 5.96 Å². The molecule has 0 spiro atoms. The summed E-state index contributed by atoms with van der Waals surface area (Å²) in [5, 5.41) is 9.73. The van der Waals surface area contributed by atoms with E-state index in [4.69, 9.17) is 11.5 Å². The van der Waals surface area contributed by atoms with E-state index in [1.807, 2.05) is 31.2 Å². The van der Waals surface area contributed by atoms with Crippen molar-refractivity contribution in [1.82, 2.24) is 9.62 Å². The van der Waals surface area contributed by atoms with Crippen LogP contribution >= 0.6 is 0 Å². The van der Waals surface area contributed by atoms with Gasteiger partial charge in [-0.2, -0.15) is 4.72 Å². The summed E-state index contributed by atoms with van der Waals surface area (Å²) in [5.74, 6) is -1.60. The highest BCUT2D eigenvalue weighted by Gasteiger charge is 2.38. The van der Waals surface area contributed by atoms with Crippen LogP contribution in [0.25, 0.3) is 11.1 Å². The van der Waals surface area contributed by atoms with Crippen LogP contribution in [0.4, 0.5) is 0 Å². The summed E-state index contributed by atoms with van der Waals surface area (Å²) in [5.41, 5.74) is 14.9. The van der Waals surface area contributed by atoms with Crippen molar-refractivity contribution in [2.24, 2.45) is 22.4 Å². The summed E-state index contributed by atoms with van der Waals surface area (Å²) < 4.78 is 29.4. The van der Waals surface area contributed by atoms with E-state index in [-0.39, 0.29) is 36.3 Å². The molecular formula is C26H33N5O5S. The first-order valence-corrected chi connectivity index (χ1v) is 13.9. The Kier molecular flexibility index (Phi) is 7.84. The summed E-state index contributed by atoms with van der Waals surface area (Å²) in [6.45, 7) is 2.41. The van der Waals surface area contributed by atoms with E-state index in [1.54, 1.807) is 12.1 Å². The third kappa shape index (κ3) is 5.94. The molecule has 37 heavy (non-hydrogen) atoms. The fourth-order valence-corrected chi connectivity index (χ4v) is 6.39. The molecule has 0 aromatic heterocycles. The number of fused-ring (bicyclic) bond motifs is 3. The minimum Gasteiger partial charge on any atom is -0.480 e. The Hall–Kier alpha value is -3.44. The van der Waals surface area contributed by atoms with Crippen molar-refractivity contribution in [2.45, 2.75) is 56.0 Å². The van der Waals surface area contributed by atoms with Gasteiger partial charge in [-0.15, -0.1) is 0 Å². The van der Waals surface area contributed by atoms with Gasteiger partial charge in [0, 0.05) is 13.1 Å². The summed E-state index contributed by atoms with van der Waals surface area (Å²) in [6.07, 6.45) is 2.04. The quantitative estimate of drug-likeness (QED) is 0.186. The van der Waals surface area contributed by atoms with E-state index in [0.29, 0.717) is 25.7 Å². The van der Waals surface area contributed by atoms with Gasteiger partial charge in [-0.3, -0.25) is 9.79 Å². The van der Waals surface area contributed by atoms with Crippen LogP contribution in [-0.4, -0.2) is 61.4 Å². The second-order valence-electron chi connectivity index (χ2n) is 9.79. The maximum Gasteiger partial charge on any atom is 0.326 e. The Labute approximate surface area is 216 Å². The first kappa shape index (κ1) is 26.6. The lowest BCUT2D eigenvalue weighted by Crippen LogP contribution is -2.56. The predicted molar refractivity (Wildman–Crippen MR) is 140 cm³/mol. The van der Waals surface area contributed by atoms with Crippen molar-refractivity contribution in [2.75, 3.05) is 13.1 Å². The molecule has 6 N–H and O–H groups in total. The van der Waals surface area contributed by atoms with Gasteiger partial charge in [-0.05, 0) is 72.4 Å². The number of nitrogens with one attached hydrogen (secondary N) is 1. The molecule has 0 radical (unpaired) electrons. The lowest BCUT2D eigenvalue weighted by Gasteiger charge is -2.38. The molecule has 0 unspecified atom stereocenters. The van der Waals surface area contributed by atoms with Crippen LogP contribution in [0.1, 0.15) is 43.7 Å². The third-order valence-electron chi connectivity index (χ3n) is 7.05. The molecule has 0 bridgehead atoms. The first-order chi connectivity index (χ1) is 17.6. The highest BCUT2D eigenvalue weighted by atomic mass is 32.2. The Morgan fingerprint density at radius 1 is 1.16 bits per heavy atom. The number of carboxylic acids is 1. The number of rotatable bonds is 9. The number of nitrogens with zero attached hydrogens (tertiary/aromatic N) is 2.